The fourth-order valence-corrected chi connectivity index (χ4v) is 2.82. The van der Waals surface area contributed by atoms with E-state index in [4.69, 9.17) is 0 Å². The molecule has 0 amide bonds. The van der Waals surface area contributed by atoms with Gasteiger partial charge in [0.25, 0.3) is 5.56 Å². The Morgan fingerprint density at radius 1 is 1.00 bits per heavy atom. The average Bonchev–Trinajstić information content (AvgIpc) is 2.55. The quantitative estimate of drug-likeness (QED) is 0.806. The lowest BCUT2D eigenvalue weighted by Gasteiger charge is -2.16. The van der Waals surface area contributed by atoms with Crippen LogP contribution in [0, 0.1) is 0 Å². The highest BCUT2D eigenvalue weighted by molar-refractivity contribution is 6.04. The highest BCUT2D eigenvalue weighted by Gasteiger charge is 2.20. The molecule has 0 fully saturated rings. The first kappa shape index (κ1) is 14.1. The van der Waals surface area contributed by atoms with Gasteiger partial charge in [0.1, 0.15) is 0 Å². The second-order valence-electron chi connectivity index (χ2n) is 5.00. The Morgan fingerprint density at radius 3 is 2.18 bits per heavy atom. The lowest BCUT2D eigenvalue weighted by molar-refractivity contribution is 0.0697. The van der Waals surface area contributed by atoms with E-state index in [2.05, 4.69) is 0 Å². The minimum absolute atomic E-state index is 0.191. The van der Waals surface area contributed by atoms with Crippen LogP contribution in [-0.2, 0) is 6.42 Å². The predicted molar refractivity (Wildman–Crippen MR) is 85.9 cm³/mol. The Kier molecular flexibility index (Phi) is 3.51. The van der Waals surface area contributed by atoms with Gasteiger partial charge in [0.2, 0.25) is 0 Å². The Morgan fingerprint density at radius 2 is 1.59 bits per heavy atom. The molecule has 1 N–H and O–H groups in total. The van der Waals surface area contributed by atoms with Crippen LogP contribution in [0.4, 0.5) is 0 Å². The summed E-state index contributed by atoms with van der Waals surface area (Å²) >= 11 is 0. The topological polar surface area (TPSA) is 59.3 Å². The molecule has 4 heteroatoms. The third-order valence-corrected chi connectivity index (χ3v) is 3.75. The number of fused-ring (bicyclic) bond motifs is 1. The normalized spacial score (nSPS) is 10.8. The summed E-state index contributed by atoms with van der Waals surface area (Å²) in [5, 5.41) is 10.5. The second kappa shape index (κ2) is 5.48. The van der Waals surface area contributed by atoms with Gasteiger partial charge in [-0.1, -0.05) is 43.3 Å². The zero-order chi connectivity index (χ0) is 15.7. The number of aromatic carboxylic acids is 1. The Balaban J connectivity index is 2.55. The van der Waals surface area contributed by atoms with Gasteiger partial charge < -0.3 is 5.11 Å². The monoisotopic (exact) mass is 293 g/mol. The largest absolute Gasteiger partial charge is 0.478 e. The van der Waals surface area contributed by atoms with Gasteiger partial charge in [-0.2, -0.15) is 0 Å². The summed E-state index contributed by atoms with van der Waals surface area (Å²) < 4.78 is 1.51. The molecule has 1 heterocycles. The first-order valence-electron chi connectivity index (χ1n) is 7.10. The molecular weight excluding hydrogens is 278 g/mol. The fourth-order valence-electron chi connectivity index (χ4n) is 2.82. The minimum atomic E-state index is -1.02. The molecular formula is C18H15NO3. The van der Waals surface area contributed by atoms with Gasteiger partial charge in [-0.25, -0.2) is 4.79 Å². The van der Waals surface area contributed by atoms with Crippen molar-refractivity contribution in [3.8, 4) is 5.69 Å². The summed E-state index contributed by atoms with van der Waals surface area (Å²) in [5.74, 6) is -1.02. The molecule has 0 unspecified atom stereocenters. The van der Waals surface area contributed by atoms with Gasteiger partial charge in [0.05, 0.1) is 5.56 Å². The van der Waals surface area contributed by atoms with Gasteiger partial charge in [0, 0.05) is 22.2 Å². The van der Waals surface area contributed by atoms with Gasteiger partial charge in [-0.15, -0.1) is 0 Å². The summed E-state index contributed by atoms with van der Waals surface area (Å²) in [6.45, 7) is 1.86. The van der Waals surface area contributed by atoms with E-state index in [1.165, 1.54) is 4.57 Å². The molecule has 0 aliphatic heterocycles. The number of benzene rings is 2. The van der Waals surface area contributed by atoms with Crippen LogP contribution in [0.25, 0.3) is 16.5 Å². The van der Waals surface area contributed by atoms with Crippen LogP contribution in [0.15, 0.2) is 59.4 Å². The van der Waals surface area contributed by atoms with Crippen LogP contribution in [0.1, 0.15) is 23.0 Å². The standard InChI is InChI=1S/C18H15NO3/c1-2-15-16(18(21)22)13-10-6-7-11-14(13)17(20)19(15)12-8-4-3-5-9-12/h3-11H,2H2,1H3,(H,21,22). The molecule has 0 bridgehead atoms. The number of carbonyl (C=O) groups is 1. The van der Waals surface area contributed by atoms with E-state index < -0.39 is 5.97 Å². The zero-order valence-corrected chi connectivity index (χ0v) is 12.1. The summed E-state index contributed by atoms with van der Waals surface area (Å²) in [6.07, 6.45) is 0.455. The van der Waals surface area contributed by atoms with Crippen molar-refractivity contribution in [3.05, 3.63) is 76.2 Å². The van der Waals surface area contributed by atoms with Crippen molar-refractivity contribution in [2.24, 2.45) is 0 Å². The molecule has 2 aromatic carbocycles. The van der Waals surface area contributed by atoms with Crippen molar-refractivity contribution in [2.75, 3.05) is 0 Å². The van der Waals surface area contributed by atoms with Gasteiger partial charge in [-0.05, 0) is 24.6 Å². The first-order chi connectivity index (χ1) is 10.6. The van der Waals surface area contributed by atoms with Crippen LogP contribution in [0.5, 0.6) is 0 Å². The SMILES string of the molecule is CCc1c(C(=O)O)c2ccccc2c(=O)n1-c1ccccc1. The highest BCUT2D eigenvalue weighted by atomic mass is 16.4. The molecule has 3 aromatic rings. The molecule has 0 aliphatic rings. The molecule has 110 valence electrons. The summed E-state index contributed by atoms with van der Waals surface area (Å²) in [5.41, 5.74) is 1.20. The second-order valence-corrected chi connectivity index (χ2v) is 5.00. The van der Waals surface area contributed by atoms with E-state index in [0.717, 1.165) is 0 Å². The smallest absolute Gasteiger partial charge is 0.338 e. The van der Waals surface area contributed by atoms with Crippen LogP contribution in [0.3, 0.4) is 0 Å². The van der Waals surface area contributed by atoms with E-state index in [0.29, 0.717) is 28.6 Å². The van der Waals surface area contributed by atoms with E-state index >= 15 is 0 Å². The molecule has 0 saturated carbocycles. The maximum Gasteiger partial charge on any atom is 0.338 e. The van der Waals surface area contributed by atoms with E-state index in [-0.39, 0.29) is 11.1 Å². The highest BCUT2D eigenvalue weighted by Crippen LogP contribution is 2.22. The molecule has 3 rings (SSSR count). The molecule has 0 spiro atoms. The summed E-state index contributed by atoms with van der Waals surface area (Å²) in [4.78, 5) is 24.6. The number of rotatable bonds is 3. The molecule has 0 atom stereocenters. The van der Waals surface area contributed by atoms with E-state index in [1.807, 2.05) is 25.1 Å². The molecule has 0 aliphatic carbocycles. The Bertz CT molecular complexity index is 911. The van der Waals surface area contributed by atoms with E-state index in [1.54, 1.807) is 36.4 Å². The van der Waals surface area contributed by atoms with Gasteiger partial charge in [-0.3, -0.25) is 9.36 Å². The van der Waals surface area contributed by atoms with E-state index in [9.17, 15) is 14.7 Å². The Labute approximate surface area is 127 Å². The van der Waals surface area contributed by atoms with Gasteiger partial charge >= 0.3 is 5.97 Å². The fraction of sp³-hybridized carbons (Fsp3) is 0.111. The van der Waals surface area contributed by atoms with Crippen LogP contribution < -0.4 is 5.56 Å². The number of pyridine rings is 1. The maximum absolute atomic E-state index is 12.9. The number of para-hydroxylation sites is 1. The molecule has 22 heavy (non-hydrogen) atoms. The van der Waals surface area contributed by atoms with Crippen molar-refractivity contribution in [3.63, 3.8) is 0 Å². The number of hydrogen-bond acceptors (Lipinski definition) is 2. The number of carboxylic acid groups (broad SMARTS) is 1. The summed E-state index contributed by atoms with van der Waals surface area (Å²) in [6, 6.07) is 16.0. The number of nitrogens with zero attached hydrogens (tertiary/aromatic N) is 1. The predicted octanol–water partition coefficient (Wildman–Crippen LogP) is 3.25. The lowest BCUT2D eigenvalue weighted by Crippen LogP contribution is -2.25. The number of carboxylic acids is 1. The van der Waals surface area contributed by atoms with Crippen molar-refractivity contribution in [2.45, 2.75) is 13.3 Å². The van der Waals surface area contributed by atoms with Crippen molar-refractivity contribution < 1.29 is 9.90 Å². The molecule has 0 saturated heterocycles. The third kappa shape index (κ3) is 2.09. The van der Waals surface area contributed by atoms with Gasteiger partial charge in [0.15, 0.2) is 0 Å². The summed E-state index contributed by atoms with van der Waals surface area (Å²) in [7, 11) is 0. The average molecular weight is 293 g/mol. The third-order valence-electron chi connectivity index (χ3n) is 3.75. The molecule has 4 nitrogen and oxygen atoms in total. The van der Waals surface area contributed by atoms with Crippen LogP contribution >= 0.6 is 0 Å². The zero-order valence-electron chi connectivity index (χ0n) is 12.1. The first-order valence-corrected chi connectivity index (χ1v) is 7.10. The Hall–Kier alpha value is -2.88. The van der Waals surface area contributed by atoms with Crippen LogP contribution in [-0.4, -0.2) is 15.6 Å². The maximum atomic E-state index is 12.9. The number of hydrogen-bond donors (Lipinski definition) is 1. The van der Waals surface area contributed by atoms with Crippen LogP contribution in [0.2, 0.25) is 0 Å². The van der Waals surface area contributed by atoms with Crippen molar-refractivity contribution >= 4 is 16.7 Å². The molecule has 1 aromatic heterocycles. The van der Waals surface area contributed by atoms with Crippen molar-refractivity contribution in [1.29, 1.82) is 0 Å². The lowest BCUT2D eigenvalue weighted by atomic mass is 10.0. The minimum Gasteiger partial charge on any atom is -0.478 e. The number of aromatic nitrogens is 1. The van der Waals surface area contributed by atoms with Crippen molar-refractivity contribution in [1.82, 2.24) is 4.57 Å². The molecule has 0 radical (unpaired) electrons.